The van der Waals surface area contributed by atoms with Crippen LogP contribution in [0.2, 0.25) is 0 Å². The molecule has 134 valence electrons. The molecule has 0 bridgehead atoms. The zero-order chi connectivity index (χ0) is 18.5. The molecule has 0 atom stereocenters. The highest BCUT2D eigenvalue weighted by atomic mass is 16.5. The summed E-state index contributed by atoms with van der Waals surface area (Å²) in [4.78, 5) is 29.0. The molecule has 0 spiro atoms. The Morgan fingerprint density at radius 2 is 1.88 bits per heavy atom. The summed E-state index contributed by atoms with van der Waals surface area (Å²) in [6.45, 7) is 2.63. The number of fused-ring (bicyclic) bond motifs is 1. The van der Waals surface area contributed by atoms with Gasteiger partial charge in [-0.25, -0.2) is 4.79 Å². The third-order valence-electron chi connectivity index (χ3n) is 3.88. The topological polar surface area (TPSA) is 84.2 Å². The first-order valence-corrected chi connectivity index (χ1v) is 8.36. The Kier molecular flexibility index (Phi) is 5.22. The van der Waals surface area contributed by atoms with Gasteiger partial charge in [0.25, 0.3) is 0 Å². The number of aromatic amines is 2. The minimum absolute atomic E-state index is 0.152. The van der Waals surface area contributed by atoms with Crippen molar-refractivity contribution in [2.45, 2.75) is 13.3 Å². The van der Waals surface area contributed by atoms with Crippen LogP contribution in [0, 0.1) is 0 Å². The molecular formula is C20H20N2O4. The number of ether oxygens (including phenoxy) is 2. The SMILES string of the molecule is CCCOc1cc(/C=C/C(=O)c2ccc3[nH]c(=O)[nH]c3c2)ccc1OC. The summed E-state index contributed by atoms with van der Waals surface area (Å²) in [5, 5.41) is 0. The van der Waals surface area contributed by atoms with E-state index in [9.17, 15) is 9.59 Å². The number of hydrogen-bond donors (Lipinski definition) is 2. The second kappa shape index (κ2) is 7.74. The molecular weight excluding hydrogens is 332 g/mol. The van der Waals surface area contributed by atoms with Crippen LogP contribution in [0.25, 0.3) is 17.1 Å². The van der Waals surface area contributed by atoms with Crippen LogP contribution in [0.4, 0.5) is 0 Å². The predicted molar refractivity (Wildman–Crippen MR) is 101 cm³/mol. The van der Waals surface area contributed by atoms with Gasteiger partial charge in [-0.2, -0.15) is 0 Å². The van der Waals surface area contributed by atoms with Crippen LogP contribution in [0.5, 0.6) is 11.5 Å². The van der Waals surface area contributed by atoms with E-state index >= 15 is 0 Å². The molecule has 2 N–H and O–H groups in total. The average molecular weight is 352 g/mol. The number of aromatic nitrogens is 2. The van der Waals surface area contributed by atoms with Gasteiger partial charge in [-0.05, 0) is 48.4 Å². The van der Waals surface area contributed by atoms with Gasteiger partial charge in [0.15, 0.2) is 17.3 Å². The maximum absolute atomic E-state index is 12.4. The molecule has 0 saturated heterocycles. The Balaban J connectivity index is 1.81. The molecule has 0 aliphatic rings. The van der Waals surface area contributed by atoms with Gasteiger partial charge < -0.3 is 19.4 Å². The van der Waals surface area contributed by atoms with Gasteiger partial charge >= 0.3 is 5.69 Å². The van der Waals surface area contributed by atoms with Crippen molar-refractivity contribution < 1.29 is 14.3 Å². The van der Waals surface area contributed by atoms with E-state index in [0.717, 1.165) is 12.0 Å². The third-order valence-corrected chi connectivity index (χ3v) is 3.88. The van der Waals surface area contributed by atoms with Crippen molar-refractivity contribution >= 4 is 22.9 Å². The fourth-order valence-corrected chi connectivity index (χ4v) is 2.58. The molecule has 26 heavy (non-hydrogen) atoms. The van der Waals surface area contributed by atoms with Gasteiger partial charge in [0.2, 0.25) is 0 Å². The molecule has 6 nitrogen and oxygen atoms in total. The van der Waals surface area contributed by atoms with Crippen LogP contribution in [0.1, 0.15) is 29.3 Å². The molecule has 0 aliphatic heterocycles. The fraction of sp³-hybridized carbons (Fsp3) is 0.200. The number of carbonyl (C=O) groups is 1. The summed E-state index contributed by atoms with van der Waals surface area (Å²) in [5.41, 5.74) is 2.32. The summed E-state index contributed by atoms with van der Waals surface area (Å²) < 4.78 is 11.0. The Morgan fingerprint density at radius 3 is 2.65 bits per heavy atom. The van der Waals surface area contributed by atoms with Crippen molar-refractivity contribution in [2.75, 3.05) is 13.7 Å². The highest BCUT2D eigenvalue weighted by Gasteiger charge is 2.07. The zero-order valence-electron chi connectivity index (χ0n) is 14.7. The van der Waals surface area contributed by atoms with Gasteiger partial charge in [0.05, 0.1) is 24.8 Å². The second-order valence-electron chi connectivity index (χ2n) is 5.80. The summed E-state index contributed by atoms with van der Waals surface area (Å²) in [6, 6.07) is 10.6. The number of imidazole rings is 1. The number of benzene rings is 2. The smallest absolute Gasteiger partial charge is 0.323 e. The molecule has 6 heteroatoms. The zero-order valence-corrected chi connectivity index (χ0v) is 14.7. The van der Waals surface area contributed by atoms with Gasteiger partial charge in [-0.3, -0.25) is 4.79 Å². The van der Waals surface area contributed by atoms with Crippen molar-refractivity contribution in [2.24, 2.45) is 0 Å². The first kappa shape index (κ1) is 17.5. The lowest BCUT2D eigenvalue weighted by Crippen LogP contribution is -1.99. The monoisotopic (exact) mass is 352 g/mol. The lowest BCUT2D eigenvalue weighted by Gasteiger charge is -2.10. The fourth-order valence-electron chi connectivity index (χ4n) is 2.58. The van der Waals surface area contributed by atoms with Crippen LogP contribution < -0.4 is 15.2 Å². The van der Waals surface area contributed by atoms with E-state index < -0.39 is 0 Å². The lowest BCUT2D eigenvalue weighted by atomic mass is 10.1. The lowest BCUT2D eigenvalue weighted by molar-refractivity contribution is 0.104. The first-order chi connectivity index (χ1) is 12.6. The third kappa shape index (κ3) is 3.85. The number of ketones is 1. The van der Waals surface area contributed by atoms with Crippen LogP contribution in [-0.4, -0.2) is 29.5 Å². The Bertz CT molecular complexity index is 1010. The van der Waals surface area contributed by atoms with E-state index in [-0.39, 0.29) is 11.5 Å². The first-order valence-electron chi connectivity index (χ1n) is 8.36. The minimum atomic E-state index is -0.294. The largest absolute Gasteiger partial charge is 0.493 e. The van der Waals surface area contributed by atoms with Crippen LogP contribution in [-0.2, 0) is 0 Å². The normalized spacial score (nSPS) is 11.2. The molecule has 3 rings (SSSR count). The molecule has 0 unspecified atom stereocenters. The summed E-state index contributed by atoms with van der Waals surface area (Å²) >= 11 is 0. The summed E-state index contributed by atoms with van der Waals surface area (Å²) in [7, 11) is 1.59. The maximum atomic E-state index is 12.4. The van der Waals surface area contributed by atoms with E-state index in [1.165, 1.54) is 6.08 Å². The van der Waals surface area contributed by atoms with Gasteiger partial charge in [0, 0.05) is 5.56 Å². The number of methoxy groups -OCH3 is 1. The molecule has 3 aromatic rings. The van der Waals surface area contributed by atoms with Crippen LogP contribution >= 0.6 is 0 Å². The van der Waals surface area contributed by atoms with Crippen LogP contribution in [0.15, 0.2) is 47.3 Å². The molecule has 2 aromatic carbocycles. The van der Waals surface area contributed by atoms with Gasteiger partial charge in [-0.1, -0.05) is 19.1 Å². The molecule has 0 amide bonds. The molecule has 0 radical (unpaired) electrons. The second-order valence-corrected chi connectivity index (χ2v) is 5.80. The molecule has 1 aromatic heterocycles. The van der Waals surface area contributed by atoms with Crippen LogP contribution in [0.3, 0.4) is 0 Å². The van der Waals surface area contributed by atoms with E-state index in [1.807, 2.05) is 25.1 Å². The number of nitrogens with one attached hydrogen (secondary N) is 2. The van der Waals surface area contributed by atoms with Gasteiger partial charge in [-0.15, -0.1) is 0 Å². The molecule has 0 saturated carbocycles. The Morgan fingerprint density at radius 1 is 1.08 bits per heavy atom. The van der Waals surface area contributed by atoms with Crippen molar-refractivity contribution in [3.8, 4) is 11.5 Å². The Labute approximate surface area is 150 Å². The highest BCUT2D eigenvalue weighted by molar-refractivity contribution is 6.08. The quantitative estimate of drug-likeness (QED) is 0.503. The standard InChI is InChI=1S/C20H20N2O4/c1-3-10-26-19-11-13(5-9-18(19)25-2)4-8-17(23)14-6-7-15-16(12-14)22-20(24)21-15/h4-9,11-12H,3,10H2,1-2H3,(H2,21,22,24)/b8-4+. The summed E-state index contributed by atoms with van der Waals surface area (Å²) in [6.07, 6.45) is 4.12. The van der Waals surface area contributed by atoms with Crippen molar-refractivity contribution in [1.82, 2.24) is 9.97 Å². The van der Waals surface area contributed by atoms with E-state index in [2.05, 4.69) is 9.97 Å². The van der Waals surface area contributed by atoms with E-state index in [0.29, 0.717) is 34.7 Å². The van der Waals surface area contributed by atoms with Gasteiger partial charge in [0.1, 0.15) is 0 Å². The number of hydrogen-bond acceptors (Lipinski definition) is 4. The Hall–Kier alpha value is -3.28. The summed E-state index contributed by atoms with van der Waals surface area (Å²) in [5.74, 6) is 1.15. The highest BCUT2D eigenvalue weighted by Crippen LogP contribution is 2.28. The number of carbonyl (C=O) groups excluding carboxylic acids is 1. The number of rotatable bonds is 7. The van der Waals surface area contributed by atoms with Crippen molar-refractivity contribution in [3.63, 3.8) is 0 Å². The molecule has 0 aliphatic carbocycles. The van der Waals surface area contributed by atoms with Crippen molar-refractivity contribution in [3.05, 3.63) is 64.1 Å². The molecule has 0 fully saturated rings. The maximum Gasteiger partial charge on any atom is 0.323 e. The van der Waals surface area contributed by atoms with Crippen molar-refractivity contribution in [1.29, 1.82) is 0 Å². The van der Waals surface area contributed by atoms with E-state index in [4.69, 9.17) is 9.47 Å². The average Bonchev–Trinajstić information content (AvgIpc) is 3.03. The number of H-pyrrole nitrogens is 2. The van der Waals surface area contributed by atoms with E-state index in [1.54, 1.807) is 31.4 Å². The number of allylic oxidation sites excluding steroid dienone is 1. The predicted octanol–water partition coefficient (Wildman–Crippen LogP) is 3.55. The molecule has 1 heterocycles. The minimum Gasteiger partial charge on any atom is -0.493 e.